The lowest BCUT2D eigenvalue weighted by Gasteiger charge is -2.00. The van der Waals surface area contributed by atoms with Crippen molar-refractivity contribution in [3.8, 4) is 0 Å². The van der Waals surface area contributed by atoms with Crippen molar-refractivity contribution in [1.82, 2.24) is 4.98 Å². The van der Waals surface area contributed by atoms with Crippen molar-refractivity contribution in [2.75, 3.05) is 10.6 Å². The standard InChI is InChI=1S/C16H14FN3O2/c1-8-14(19-9(2)15(8)18-7-21)6-12-11-5-10(17)3-4-13(11)20-16(12)22/h3-7,19H,1-2H3,(H,18,21)(H,20,22)/b12-6-. The molecule has 1 aromatic heterocycles. The molecule has 0 aliphatic carbocycles. The fraction of sp³-hybridized carbons (Fsp3) is 0.125. The van der Waals surface area contributed by atoms with Gasteiger partial charge in [-0.2, -0.15) is 0 Å². The summed E-state index contributed by atoms with van der Waals surface area (Å²) in [5.74, 6) is -0.680. The molecule has 2 aromatic rings. The van der Waals surface area contributed by atoms with Crippen LogP contribution in [0.25, 0.3) is 11.6 Å². The van der Waals surface area contributed by atoms with Crippen molar-refractivity contribution >= 4 is 35.3 Å². The van der Waals surface area contributed by atoms with Gasteiger partial charge in [0.2, 0.25) is 6.41 Å². The first-order valence-electron chi connectivity index (χ1n) is 6.73. The highest BCUT2D eigenvalue weighted by atomic mass is 19.1. The highest BCUT2D eigenvalue weighted by Crippen LogP contribution is 2.35. The Bertz CT molecular complexity index is 821. The predicted octanol–water partition coefficient (Wildman–Crippen LogP) is 2.83. The summed E-state index contributed by atoms with van der Waals surface area (Å²) in [5, 5.41) is 5.33. The number of aromatic amines is 1. The van der Waals surface area contributed by atoms with E-state index in [0.717, 1.165) is 11.3 Å². The van der Waals surface area contributed by atoms with Crippen LogP contribution >= 0.6 is 0 Å². The maximum Gasteiger partial charge on any atom is 0.256 e. The van der Waals surface area contributed by atoms with Gasteiger partial charge in [0.25, 0.3) is 5.91 Å². The molecule has 2 amide bonds. The van der Waals surface area contributed by atoms with Crippen LogP contribution in [-0.4, -0.2) is 17.3 Å². The molecule has 0 saturated heterocycles. The van der Waals surface area contributed by atoms with Crippen molar-refractivity contribution in [3.05, 3.63) is 46.5 Å². The second-order valence-corrected chi connectivity index (χ2v) is 5.13. The molecule has 0 saturated carbocycles. The van der Waals surface area contributed by atoms with Crippen LogP contribution in [0.5, 0.6) is 0 Å². The summed E-state index contributed by atoms with van der Waals surface area (Å²) in [7, 11) is 0. The van der Waals surface area contributed by atoms with Gasteiger partial charge in [-0.15, -0.1) is 0 Å². The van der Waals surface area contributed by atoms with Crippen LogP contribution in [-0.2, 0) is 9.59 Å². The van der Waals surface area contributed by atoms with Gasteiger partial charge >= 0.3 is 0 Å². The van der Waals surface area contributed by atoms with Gasteiger partial charge in [0.1, 0.15) is 5.82 Å². The van der Waals surface area contributed by atoms with E-state index in [-0.39, 0.29) is 5.91 Å². The summed E-state index contributed by atoms with van der Waals surface area (Å²) in [4.78, 5) is 25.8. The summed E-state index contributed by atoms with van der Waals surface area (Å²) in [6, 6.07) is 4.17. The zero-order valence-corrected chi connectivity index (χ0v) is 12.1. The maximum atomic E-state index is 13.4. The van der Waals surface area contributed by atoms with E-state index in [4.69, 9.17) is 0 Å². The lowest BCUT2D eigenvalue weighted by Crippen LogP contribution is -2.03. The number of anilines is 2. The number of fused-ring (bicyclic) bond motifs is 1. The Labute approximate surface area is 126 Å². The average molecular weight is 299 g/mol. The first kappa shape index (κ1) is 14.1. The van der Waals surface area contributed by atoms with Crippen molar-refractivity contribution in [2.45, 2.75) is 13.8 Å². The molecule has 0 spiro atoms. The topological polar surface area (TPSA) is 74.0 Å². The Balaban J connectivity index is 2.11. The van der Waals surface area contributed by atoms with Crippen molar-refractivity contribution in [1.29, 1.82) is 0 Å². The van der Waals surface area contributed by atoms with E-state index in [1.165, 1.54) is 18.2 Å². The number of amides is 2. The molecule has 5 nitrogen and oxygen atoms in total. The molecule has 1 aromatic carbocycles. The molecule has 112 valence electrons. The SMILES string of the molecule is Cc1[nH]c(/C=C2\C(=O)Nc3ccc(F)cc32)c(C)c1NC=O. The van der Waals surface area contributed by atoms with Gasteiger partial charge < -0.3 is 15.6 Å². The van der Waals surface area contributed by atoms with Crippen molar-refractivity contribution in [3.63, 3.8) is 0 Å². The minimum Gasteiger partial charge on any atom is -0.357 e. The number of aromatic nitrogens is 1. The van der Waals surface area contributed by atoms with Crippen LogP contribution in [0.2, 0.25) is 0 Å². The predicted molar refractivity (Wildman–Crippen MR) is 82.9 cm³/mol. The number of nitrogens with one attached hydrogen (secondary N) is 3. The van der Waals surface area contributed by atoms with E-state index < -0.39 is 5.82 Å². The zero-order valence-electron chi connectivity index (χ0n) is 12.1. The number of hydrogen-bond acceptors (Lipinski definition) is 2. The number of benzene rings is 1. The fourth-order valence-electron chi connectivity index (χ4n) is 2.64. The third-order valence-corrected chi connectivity index (χ3v) is 3.73. The van der Waals surface area contributed by atoms with Crippen LogP contribution in [0, 0.1) is 19.7 Å². The lowest BCUT2D eigenvalue weighted by molar-refractivity contribution is -0.110. The third kappa shape index (κ3) is 2.18. The first-order valence-corrected chi connectivity index (χ1v) is 6.73. The van der Waals surface area contributed by atoms with Crippen LogP contribution in [0.4, 0.5) is 15.8 Å². The highest BCUT2D eigenvalue weighted by molar-refractivity contribution is 6.34. The van der Waals surface area contributed by atoms with E-state index in [2.05, 4.69) is 15.6 Å². The first-order chi connectivity index (χ1) is 10.5. The minimum absolute atomic E-state index is 0.280. The van der Waals surface area contributed by atoms with Gasteiger partial charge in [-0.3, -0.25) is 9.59 Å². The lowest BCUT2D eigenvalue weighted by atomic mass is 10.0. The molecule has 1 aliphatic heterocycles. The van der Waals surface area contributed by atoms with Crippen molar-refractivity contribution in [2.24, 2.45) is 0 Å². The third-order valence-electron chi connectivity index (χ3n) is 3.73. The molecule has 0 fully saturated rings. The van der Waals surface area contributed by atoms with Gasteiger partial charge in [0.05, 0.1) is 11.3 Å². The molecular weight excluding hydrogens is 285 g/mol. The molecule has 22 heavy (non-hydrogen) atoms. The molecule has 3 N–H and O–H groups in total. The molecule has 3 rings (SSSR count). The van der Waals surface area contributed by atoms with Gasteiger partial charge in [-0.05, 0) is 43.7 Å². The molecule has 0 radical (unpaired) electrons. The molecule has 0 bridgehead atoms. The quantitative estimate of drug-likeness (QED) is 0.602. The average Bonchev–Trinajstić information content (AvgIpc) is 2.92. The number of halogens is 1. The normalized spacial score (nSPS) is 14.9. The number of carbonyl (C=O) groups is 2. The van der Waals surface area contributed by atoms with Crippen LogP contribution in [0.3, 0.4) is 0 Å². The number of carbonyl (C=O) groups excluding carboxylic acids is 2. The van der Waals surface area contributed by atoms with Gasteiger partial charge in [0.15, 0.2) is 0 Å². The minimum atomic E-state index is -0.399. The van der Waals surface area contributed by atoms with E-state index in [1.54, 1.807) is 6.08 Å². The summed E-state index contributed by atoms with van der Waals surface area (Å²) in [6.07, 6.45) is 2.27. The maximum absolute atomic E-state index is 13.4. The fourth-order valence-corrected chi connectivity index (χ4v) is 2.64. The summed E-state index contributed by atoms with van der Waals surface area (Å²) in [5.41, 5.74) is 4.48. The second kappa shape index (κ2) is 5.14. The van der Waals surface area contributed by atoms with E-state index >= 15 is 0 Å². The Hall–Kier alpha value is -2.89. The van der Waals surface area contributed by atoms with E-state index in [0.29, 0.717) is 34.6 Å². The molecule has 0 atom stereocenters. The Kier molecular flexibility index (Phi) is 3.29. The molecule has 6 heteroatoms. The summed E-state index contributed by atoms with van der Waals surface area (Å²) in [6.45, 7) is 3.66. The van der Waals surface area contributed by atoms with Crippen LogP contribution < -0.4 is 10.6 Å². The smallest absolute Gasteiger partial charge is 0.256 e. The van der Waals surface area contributed by atoms with Gasteiger partial charge in [-0.1, -0.05) is 0 Å². The van der Waals surface area contributed by atoms with E-state index in [1.807, 2.05) is 13.8 Å². The Morgan fingerprint density at radius 3 is 2.77 bits per heavy atom. The van der Waals surface area contributed by atoms with E-state index in [9.17, 15) is 14.0 Å². The summed E-state index contributed by atoms with van der Waals surface area (Å²) < 4.78 is 13.4. The Morgan fingerprint density at radius 2 is 2.05 bits per heavy atom. The zero-order chi connectivity index (χ0) is 15.9. The number of rotatable bonds is 3. The molecule has 0 unspecified atom stereocenters. The number of hydrogen-bond donors (Lipinski definition) is 3. The van der Waals surface area contributed by atoms with Crippen LogP contribution in [0.1, 0.15) is 22.5 Å². The number of H-pyrrole nitrogens is 1. The van der Waals surface area contributed by atoms with Crippen LogP contribution in [0.15, 0.2) is 18.2 Å². The van der Waals surface area contributed by atoms with Gasteiger partial charge in [-0.25, -0.2) is 4.39 Å². The summed E-state index contributed by atoms with van der Waals surface area (Å²) >= 11 is 0. The highest BCUT2D eigenvalue weighted by Gasteiger charge is 2.25. The molecule has 2 heterocycles. The van der Waals surface area contributed by atoms with Gasteiger partial charge in [0, 0.05) is 22.6 Å². The second-order valence-electron chi connectivity index (χ2n) is 5.13. The molecular formula is C16H14FN3O2. The molecule has 1 aliphatic rings. The Morgan fingerprint density at radius 1 is 1.27 bits per heavy atom. The van der Waals surface area contributed by atoms with Crippen molar-refractivity contribution < 1.29 is 14.0 Å². The monoisotopic (exact) mass is 299 g/mol. The number of aryl methyl sites for hydroxylation is 1. The largest absolute Gasteiger partial charge is 0.357 e.